The molecule has 0 heterocycles. The summed E-state index contributed by atoms with van der Waals surface area (Å²) >= 11 is 0. The highest BCUT2D eigenvalue weighted by Gasteiger charge is 2.37. The summed E-state index contributed by atoms with van der Waals surface area (Å²) in [4.78, 5) is 0. The molecule has 0 radical (unpaired) electrons. The van der Waals surface area contributed by atoms with Crippen LogP contribution in [0.15, 0.2) is 12.2 Å². The fourth-order valence-corrected chi connectivity index (χ4v) is 1.72. The molecule has 0 aliphatic heterocycles. The lowest BCUT2D eigenvalue weighted by Crippen LogP contribution is -2.44. The molecule has 0 spiro atoms. The SMILES string of the molecule is C=C(C)[C@H]1CCC(C)(O)C(O)C1. The summed E-state index contributed by atoms with van der Waals surface area (Å²) in [5, 5.41) is 19.2. The average molecular weight is 170 g/mol. The lowest BCUT2D eigenvalue weighted by molar-refractivity contribution is -0.0952. The van der Waals surface area contributed by atoms with Crippen LogP contribution in [0.4, 0.5) is 0 Å². The molecule has 0 bridgehead atoms. The van der Waals surface area contributed by atoms with E-state index in [2.05, 4.69) is 6.58 Å². The molecule has 0 aromatic rings. The minimum Gasteiger partial charge on any atom is -0.390 e. The predicted octanol–water partition coefficient (Wildman–Crippen LogP) is 1.47. The van der Waals surface area contributed by atoms with Crippen molar-refractivity contribution < 1.29 is 10.2 Å². The maximum atomic E-state index is 9.66. The lowest BCUT2D eigenvalue weighted by Gasteiger charge is -2.38. The van der Waals surface area contributed by atoms with Gasteiger partial charge in [0, 0.05) is 0 Å². The smallest absolute Gasteiger partial charge is 0.0877 e. The van der Waals surface area contributed by atoms with Gasteiger partial charge in [-0.1, -0.05) is 12.2 Å². The normalized spacial score (nSPS) is 42.7. The monoisotopic (exact) mass is 170 g/mol. The Morgan fingerprint density at radius 3 is 2.58 bits per heavy atom. The zero-order valence-electron chi connectivity index (χ0n) is 7.88. The van der Waals surface area contributed by atoms with Crippen LogP contribution in [0.3, 0.4) is 0 Å². The van der Waals surface area contributed by atoms with Gasteiger partial charge in [0.25, 0.3) is 0 Å². The Hall–Kier alpha value is -0.340. The fourth-order valence-electron chi connectivity index (χ4n) is 1.72. The van der Waals surface area contributed by atoms with E-state index in [0.717, 1.165) is 12.0 Å². The number of rotatable bonds is 1. The summed E-state index contributed by atoms with van der Waals surface area (Å²) in [6.07, 6.45) is 1.68. The Bertz CT molecular complexity index is 184. The Balaban J connectivity index is 2.58. The molecule has 0 saturated heterocycles. The van der Waals surface area contributed by atoms with Gasteiger partial charge in [0.1, 0.15) is 0 Å². The molecule has 70 valence electrons. The molecule has 3 atom stereocenters. The van der Waals surface area contributed by atoms with Crippen molar-refractivity contribution in [1.29, 1.82) is 0 Å². The van der Waals surface area contributed by atoms with Crippen molar-refractivity contribution in [3.8, 4) is 0 Å². The second kappa shape index (κ2) is 3.19. The van der Waals surface area contributed by atoms with Crippen molar-refractivity contribution in [2.24, 2.45) is 5.92 Å². The van der Waals surface area contributed by atoms with Crippen LogP contribution in [-0.2, 0) is 0 Å². The van der Waals surface area contributed by atoms with Crippen LogP contribution < -0.4 is 0 Å². The molecular formula is C10H18O2. The molecular weight excluding hydrogens is 152 g/mol. The first-order valence-corrected chi connectivity index (χ1v) is 4.49. The molecule has 2 heteroatoms. The van der Waals surface area contributed by atoms with Crippen molar-refractivity contribution in [2.45, 2.75) is 44.8 Å². The van der Waals surface area contributed by atoms with Crippen LogP contribution >= 0.6 is 0 Å². The van der Waals surface area contributed by atoms with Crippen LogP contribution in [-0.4, -0.2) is 21.9 Å². The Labute approximate surface area is 73.9 Å². The second-order valence-electron chi connectivity index (χ2n) is 4.19. The van der Waals surface area contributed by atoms with Crippen LogP contribution in [0.2, 0.25) is 0 Å². The molecule has 1 aliphatic rings. The number of aliphatic hydroxyl groups is 2. The van der Waals surface area contributed by atoms with Gasteiger partial charge in [-0.25, -0.2) is 0 Å². The van der Waals surface area contributed by atoms with E-state index in [9.17, 15) is 10.2 Å². The second-order valence-corrected chi connectivity index (χ2v) is 4.19. The van der Waals surface area contributed by atoms with Gasteiger partial charge < -0.3 is 10.2 Å². The molecule has 2 unspecified atom stereocenters. The molecule has 1 fully saturated rings. The van der Waals surface area contributed by atoms with Crippen molar-refractivity contribution in [1.82, 2.24) is 0 Å². The van der Waals surface area contributed by atoms with Crippen LogP contribution in [0, 0.1) is 5.92 Å². The number of allylic oxidation sites excluding steroid dienone is 1. The van der Waals surface area contributed by atoms with Crippen LogP contribution in [0.1, 0.15) is 33.1 Å². The molecule has 1 aliphatic carbocycles. The van der Waals surface area contributed by atoms with Crippen molar-refractivity contribution in [3.63, 3.8) is 0 Å². The molecule has 2 nitrogen and oxygen atoms in total. The maximum absolute atomic E-state index is 9.66. The third-order valence-electron chi connectivity index (χ3n) is 2.92. The van der Waals surface area contributed by atoms with Gasteiger partial charge in [-0.3, -0.25) is 0 Å². The number of hydrogen-bond donors (Lipinski definition) is 2. The topological polar surface area (TPSA) is 40.5 Å². The molecule has 0 aromatic heterocycles. The summed E-state index contributed by atoms with van der Waals surface area (Å²) < 4.78 is 0. The summed E-state index contributed by atoms with van der Waals surface area (Å²) in [7, 11) is 0. The van der Waals surface area contributed by atoms with Gasteiger partial charge in [-0.15, -0.1) is 0 Å². The van der Waals surface area contributed by atoms with Gasteiger partial charge in [-0.2, -0.15) is 0 Å². The molecule has 0 aromatic carbocycles. The first-order valence-electron chi connectivity index (χ1n) is 4.49. The molecule has 1 saturated carbocycles. The fraction of sp³-hybridized carbons (Fsp3) is 0.800. The highest BCUT2D eigenvalue weighted by molar-refractivity contribution is 5.02. The zero-order chi connectivity index (χ0) is 9.35. The van der Waals surface area contributed by atoms with E-state index in [1.807, 2.05) is 6.92 Å². The summed E-state index contributed by atoms with van der Waals surface area (Å²) in [5.41, 5.74) is 0.232. The maximum Gasteiger partial charge on any atom is 0.0877 e. The van der Waals surface area contributed by atoms with Crippen molar-refractivity contribution in [2.75, 3.05) is 0 Å². The first-order chi connectivity index (χ1) is 5.43. The first kappa shape index (κ1) is 9.75. The number of hydrogen-bond acceptors (Lipinski definition) is 2. The third-order valence-corrected chi connectivity index (χ3v) is 2.92. The largest absolute Gasteiger partial charge is 0.390 e. The zero-order valence-corrected chi connectivity index (χ0v) is 7.88. The minimum atomic E-state index is -0.883. The van der Waals surface area contributed by atoms with Gasteiger partial charge in [0.05, 0.1) is 11.7 Å². The molecule has 12 heavy (non-hydrogen) atoms. The van der Waals surface area contributed by atoms with Crippen LogP contribution in [0.5, 0.6) is 0 Å². The summed E-state index contributed by atoms with van der Waals surface area (Å²) in [5.74, 6) is 0.389. The van der Waals surface area contributed by atoms with E-state index in [-0.39, 0.29) is 0 Å². The quantitative estimate of drug-likeness (QED) is 0.585. The van der Waals surface area contributed by atoms with Gasteiger partial charge in [0.2, 0.25) is 0 Å². The molecule has 0 amide bonds. The predicted molar refractivity (Wildman–Crippen MR) is 48.8 cm³/mol. The van der Waals surface area contributed by atoms with Gasteiger partial charge >= 0.3 is 0 Å². The molecule has 1 rings (SSSR count). The van der Waals surface area contributed by atoms with Crippen LogP contribution in [0.25, 0.3) is 0 Å². The van der Waals surface area contributed by atoms with Crippen molar-refractivity contribution in [3.05, 3.63) is 12.2 Å². The summed E-state index contributed by atoms with van der Waals surface area (Å²) in [6, 6.07) is 0. The lowest BCUT2D eigenvalue weighted by atomic mass is 9.75. The molecule has 2 N–H and O–H groups in total. The summed E-state index contributed by atoms with van der Waals surface area (Å²) in [6.45, 7) is 7.55. The number of aliphatic hydroxyl groups excluding tert-OH is 1. The average Bonchev–Trinajstić information content (AvgIpc) is 1.94. The minimum absolute atomic E-state index is 0.389. The van der Waals surface area contributed by atoms with Crippen molar-refractivity contribution >= 4 is 0 Å². The Morgan fingerprint density at radius 1 is 1.58 bits per heavy atom. The van der Waals surface area contributed by atoms with E-state index in [0.29, 0.717) is 18.8 Å². The standard InChI is InChI=1S/C10H18O2/c1-7(2)8-4-5-10(3,12)9(11)6-8/h8-9,11-12H,1,4-6H2,2-3H3/t8-,9?,10?/m0/s1. The highest BCUT2D eigenvalue weighted by atomic mass is 16.3. The highest BCUT2D eigenvalue weighted by Crippen LogP contribution is 2.34. The Morgan fingerprint density at radius 2 is 2.17 bits per heavy atom. The van der Waals surface area contributed by atoms with E-state index >= 15 is 0 Å². The van der Waals surface area contributed by atoms with Gasteiger partial charge in [0.15, 0.2) is 0 Å². The third kappa shape index (κ3) is 1.87. The van der Waals surface area contributed by atoms with E-state index in [4.69, 9.17) is 0 Å². The van der Waals surface area contributed by atoms with E-state index < -0.39 is 11.7 Å². The van der Waals surface area contributed by atoms with E-state index in [1.165, 1.54) is 0 Å². The van der Waals surface area contributed by atoms with E-state index in [1.54, 1.807) is 6.92 Å². The van der Waals surface area contributed by atoms with Gasteiger partial charge in [-0.05, 0) is 39.0 Å². The Kier molecular flexibility index (Phi) is 2.59.